The predicted octanol–water partition coefficient (Wildman–Crippen LogP) is 3.87. The van der Waals surface area contributed by atoms with Gasteiger partial charge in [0.1, 0.15) is 0 Å². The summed E-state index contributed by atoms with van der Waals surface area (Å²) in [5, 5.41) is 3.05. The van der Waals surface area contributed by atoms with Gasteiger partial charge in [-0.05, 0) is 43.0 Å². The molecule has 1 heterocycles. The van der Waals surface area contributed by atoms with Gasteiger partial charge in [-0.15, -0.1) is 0 Å². The first-order valence-electron chi connectivity index (χ1n) is 9.43. The molecule has 1 N–H and O–H groups in total. The second-order valence-electron chi connectivity index (χ2n) is 7.20. The van der Waals surface area contributed by atoms with Crippen molar-refractivity contribution in [1.29, 1.82) is 0 Å². The van der Waals surface area contributed by atoms with Gasteiger partial charge in [0.25, 0.3) is 0 Å². The van der Waals surface area contributed by atoms with E-state index in [2.05, 4.69) is 21.2 Å². The van der Waals surface area contributed by atoms with Gasteiger partial charge in [-0.1, -0.05) is 58.4 Å². The standard InChI is InChI=1S/C21H25BrN2O3S/c1-16(18-5-3-2-4-6-18)23-21(25)19-11-13-24(14-12-19)28(26,27)15-17-7-9-20(22)10-8-17/h2-10,16,19H,11-15H2,1H3,(H,23,25)/t16-/m1/s1. The van der Waals surface area contributed by atoms with Crippen LogP contribution in [0.25, 0.3) is 0 Å². The van der Waals surface area contributed by atoms with Crippen LogP contribution < -0.4 is 5.32 Å². The molecule has 0 bridgehead atoms. The van der Waals surface area contributed by atoms with Gasteiger partial charge < -0.3 is 5.32 Å². The minimum absolute atomic E-state index is 0.00121. The Balaban J connectivity index is 1.53. The van der Waals surface area contributed by atoms with E-state index in [0.29, 0.717) is 25.9 Å². The van der Waals surface area contributed by atoms with Crippen molar-refractivity contribution in [3.8, 4) is 0 Å². The monoisotopic (exact) mass is 464 g/mol. The number of carbonyl (C=O) groups is 1. The Labute approximate surface area is 175 Å². The molecule has 1 saturated heterocycles. The summed E-state index contributed by atoms with van der Waals surface area (Å²) in [4.78, 5) is 12.6. The molecule has 0 radical (unpaired) electrons. The Morgan fingerprint density at radius 2 is 1.71 bits per heavy atom. The maximum atomic E-state index is 12.7. The molecule has 1 aliphatic rings. The van der Waals surface area contributed by atoms with Crippen LogP contribution in [0.4, 0.5) is 0 Å². The Bertz CT molecular complexity index is 893. The summed E-state index contributed by atoms with van der Waals surface area (Å²) in [5.74, 6) is -0.158. The third-order valence-electron chi connectivity index (χ3n) is 5.14. The molecule has 1 aliphatic heterocycles. The van der Waals surface area contributed by atoms with Gasteiger partial charge in [-0.2, -0.15) is 0 Å². The number of benzene rings is 2. The van der Waals surface area contributed by atoms with E-state index in [0.717, 1.165) is 15.6 Å². The Morgan fingerprint density at radius 3 is 2.32 bits per heavy atom. The summed E-state index contributed by atoms with van der Waals surface area (Å²) in [5.41, 5.74) is 1.82. The van der Waals surface area contributed by atoms with Crippen LogP contribution in [0, 0.1) is 5.92 Å². The fourth-order valence-corrected chi connectivity index (χ4v) is 5.26. The van der Waals surface area contributed by atoms with Crippen molar-refractivity contribution in [2.45, 2.75) is 31.6 Å². The lowest BCUT2D eigenvalue weighted by Gasteiger charge is -2.31. The van der Waals surface area contributed by atoms with E-state index in [-0.39, 0.29) is 23.6 Å². The van der Waals surface area contributed by atoms with Crippen molar-refractivity contribution in [1.82, 2.24) is 9.62 Å². The molecule has 0 spiro atoms. The molecule has 0 aromatic heterocycles. The zero-order valence-corrected chi connectivity index (χ0v) is 18.2. The van der Waals surface area contributed by atoms with E-state index in [1.807, 2.05) is 61.5 Å². The van der Waals surface area contributed by atoms with E-state index in [1.54, 1.807) is 0 Å². The van der Waals surface area contributed by atoms with Crippen molar-refractivity contribution in [2.24, 2.45) is 5.92 Å². The molecule has 0 aliphatic carbocycles. The first-order valence-corrected chi connectivity index (χ1v) is 11.8. The highest BCUT2D eigenvalue weighted by Gasteiger charge is 2.31. The third-order valence-corrected chi connectivity index (χ3v) is 7.52. The van der Waals surface area contributed by atoms with E-state index in [4.69, 9.17) is 0 Å². The van der Waals surface area contributed by atoms with Crippen molar-refractivity contribution < 1.29 is 13.2 Å². The van der Waals surface area contributed by atoms with Crippen LogP contribution in [0.3, 0.4) is 0 Å². The molecule has 3 rings (SSSR count). The first-order chi connectivity index (χ1) is 13.3. The second-order valence-corrected chi connectivity index (χ2v) is 10.1. The van der Waals surface area contributed by atoms with E-state index in [9.17, 15) is 13.2 Å². The van der Waals surface area contributed by atoms with Crippen molar-refractivity contribution in [3.63, 3.8) is 0 Å². The summed E-state index contributed by atoms with van der Waals surface area (Å²) in [6, 6.07) is 17.1. The lowest BCUT2D eigenvalue weighted by Crippen LogP contribution is -2.43. The quantitative estimate of drug-likeness (QED) is 0.705. The van der Waals surface area contributed by atoms with Crippen molar-refractivity contribution in [2.75, 3.05) is 13.1 Å². The van der Waals surface area contributed by atoms with Gasteiger partial charge in [0.05, 0.1) is 11.8 Å². The first kappa shape index (κ1) is 21.0. The van der Waals surface area contributed by atoms with Crippen LogP contribution in [0.5, 0.6) is 0 Å². The Hall–Kier alpha value is -1.70. The van der Waals surface area contributed by atoms with Crippen LogP contribution in [0.2, 0.25) is 0 Å². The molecule has 5 nitrogen and oxygen atoms in total. The average Bonchev–Trinajstić information content (AvgIpc) is 2.70. The number of hydrogen-bond donors (Lipinski definition) is 1. The lowest BCUT2D eigenvalue weighted by molar-refractivity contribution is -0.126. The van der Waals surface area contributed by atoms with Crippen LogP contribution >= 0.6 is 15.9 Å². The van der Waals surface area contributed by atoms with Gasteiger partial charge in [0.15, 0.2) is 0 Å². The zero-order valence-electron chi connectivity index (χ0n) is 15.8. The van der Waals surface area contributed by atoms with Crippen LogP contribution in [-0.4, -0.2) is 31.7 Å². The van der Waals surface area contributed by atoms with Crippen molar-refractivity contribution >= 4 is 31.9 Å². The highest BCUT2D eigenvalue weighted by molar-refractivity contribution is 9.10. The van der Waals surface area contributed by atoms with Gasteiger partial charge in [-0.25, -0.2) is 12.7 Å². The maximum absolute atomic E-state index is 12.7. The topological polar surface area (TPSA) is 66.5 Å². The smallest absolute Gasteiger partial charge is 0.223 e. The molecule has 150 valence electrons. The number of rotatable bonds is 6. The zero-order chi connectivity index (χ0) is 20.1. The molecule has 2 aromatic rings. The molecule has 1 amide bonds. The number of nitrogens with one attached hydrogen (secondary N) is 1. The number of amides is 1. The minimum Gasteiger partial charge on any atom is -0.349 e. The molecule has 0 saturated carbocycles. The highest BCUT2D eigenvalue weighted by Crippen LogP contribution is 2.23. The normalized spacial score (nSPS) is 17.2. The molecular weight excluding hydrogens is 440 g/mol. The van der Waals surface area contributed by atoms with E-state index in [1.165, 1.54) is 4.31 Å². The maximum Gasteiger partial charge on any atom is 0.223 e. The minimum atomic E-state index is -3.38. The molecular formula is C21H25BrN2O3S. The summed E-state index contributed by atoms with van der Waals surface area (Å²) >= 11 is 3.36. The van der Waals surface area contributed by atoms with E-state index >= 15 is 0 Å². The summed E-state index contributed by atoms with van der Waals surface area (Å²) in [6.07, 6.45) is 1.10. The lowest BCUT2D eigenvalue weighted by atomic mass is 9.96. The van der Waals surface area contributed by atoms with Crippen LogP contribution in [0.15, 0.2) is 59.1 Å². The van der Waals surface area contributed by atoms with Gasteiger partial charge >= 0.3 is 0 Å². The second kappa shape index (κ2) is 9.20. The van der Waals surface area contributed by atoms with Crippen molar-refractivity contribution in [3.05, 3.63) is 70.2 Å². The molecule has 2 aromatic carbocycles. The third kappa shape index (κ3) is 5.43. The van der Waals surface area contributed by atoms with Crippen LogP contribution in [-0.2, 0) is 20.6 Å². The molecule has 0 unspecified atom stereocenters. The molecule has 1 atom stereocenters. The summed E-state index contributed by atoms with van der Waals surface area (Å²) in [6.45, 7) is 2.73. The fourth-order valence-electron chi connectivity index (χ4n) is 3.43. The SMILES string of the molecule is C[C@@H](NC(=O)C1CCN(S(=O)(=O)Cc2ccc(Br)cc2)CC1)c1ccccc1. The molecule has 7 heteroatoms. The highest BCUT2D eigenvalue weighted by atomic mass is 79.9. The van der Waals surface area contributed by atoms with Gasteiger partial charge in [0.2, 0.25) is 15.9 Å². The molecule has 28 heavy (non-hydrogen) atoms. The number of halogens is 1. The summed E-state index contributed by atoms with van der Waals surface area (Å²) < 4.78 is 27.8. The van der Waals surface area contributed by atoms with E-state index < -0.39 is 10.0 Å². The Kier molecular flexibility index (Phi) is 6.91. The molecule has 1 fully saturated rings. The van der Waals surface area contributed by atoms with Gasteiger partial charge in [0, 0.05) is 23.5 Å². The predicted molar refractivity (Wildman–Crippen MR) is 114 cm³/mol. The number of sulfonamides is 1. The summed E-state index contributed by atoms with van der Waals surface area (Å²) in [7, 11) is -3.38. The fraction of sp³-hybridized carbons (Fsp3) is 0.381. The Morgan fingerprint density at radius 1 is 1.11 bits per heavy atom. The average molecular weight is 465 g/mol. The number of nitrogens with zero attached hydrogens (tertiary/aromatic N) is 1. The van der Waals surface area contributed by atoms with Gasteiger partial charge in [-0.3, -0.25) is 4.79 Å². The number of piperidine rings is 1. The number of carbonyl (C=O) groups excluding carboxylic acids is 1. The van der Waals surface area contributed by atoms with Crippen LogP contribution in [0.1, 0.15) is 36.9 Å². The number of hydrogen-bond acceptors (Lipinski definition) is 3. The largest absolute Gasteiger partial charge is 0.349 e.